The molecule has 2 atom stereocenters. The van der Waals surface area contributed by atoms with Crippen LogP contribution in [0.15, 0.2) is 12.1 Å². The number of esters is 2. The third-order valence-corrected chi connectivity index (χ3v) is 3.63. The van der Waals surface area contributed by atoms with Crippen molar-refractivity contribution in [3.63, 3.8) is 0 Å². The van der Waals surface area contributed by atoms with E-state index in [1.807, 2.05) is 0 Å². The number of hydrogen-bond acceptors (Lipinski definition) is 6. The molecule has 0 aromatic heterocycles. The SMILES string of the molecule is COC(=O)CC(C(=O)OC)N1C(=O)c2cc(F)cc(F)c2C1C#N. The monoisotopic (exact) mass is 338 g/mol. The van der Waals surface area contributed by atoms with Crippen LogP contribution in [0.3, 0.4) is 0 Å². The molecule has 0 fully saturated rings. The maximum absolute atomic E-state index is 14.0. The lowest BCUT2D eigenvalue weighted by Crippen LogP contribution is -2.45. The van der Waals surface area contributed by atoms with Gasteiger partial charge in [0.1, 0.15) is 23.7 Å². The van der Waals surface area contributed by atoms with Gasteiger partial charge in [-0.3, -0.25) is 9.59 Å². The van der Waals surface area contributed by atoms with E-state index in [0.29, 0.717) is 11.0 Å². The van der Waals surface area contributed by atoms with Crippen molar-refractivity contribution in [2.45, 2.75) is 18.5 Å². The van der Waals surface area contributed by atoms with Crippen molar-refractivity contribution in [1.82, 2.24) is 4.90 Å². The molecule has 2 rings (SSSR count). The van der Waals surface area contributed by atoms with Crippen LogP contribution < -0.4 is 0 Å². The summed E-state index contributed by atoms with van der Waals surface area (Å²) in [4.78, 5) is 36.7. The lowest BCUT2D eigenvalue weighted by atomic mass is 10.0. The molecule has 1 amide bonds. The first-order chi connectivity index (χ1) is 11.3. The second-order valence-corrected chi connectivity index (χ2v) is 4.91. The Morgan fingerprint density at radius 3 is 2.54 bits per heavy atom. The number of fused-ring (bicyclic) bond motifs is 1. The van der Waals surface area contributed by atoms with Crippen molar-refractivity contribution in [1.29, 1.82) is 5.26 Å². The molecule has 0 saturated carbocycles. The molecule has 1 aliphatic heterocycles. The normalized spacial score (nSPS) is 17.0. The predicted octanol–water partition coefficient (Wildman–Crippen LogP) is 1.09. The Bertz CT molecular complexity index is 759. The Morgan fingerprint density at radius 1 is 1.33 bits per heavy atom. The summed E-state index contributed by atoms with van der Waals surface area (Å²) in [6.07, 6.45) is -0.592. The fourth-order valence-corrected chi connectivity index (χ4v) is 2.56. The molecule has 2 unspecified atom stereocenters. The van der Waals surface area contributed by atoms with Crippen LogP contribution in [0.1, 0.15) is 28.4 Å². The van der Waals surface area contributed by atoms with E-state index < -0.39 is 48.0 Å². The number of carbonyl (C=O) groups is 3. The number of nitriles is 1. The van der Waals surface area contributed by atoms with Gasteiger partial charge in [0.25, 0.3) is 5.91 Å². The Morgan fingerprint density at radius 2 is 2.00 bits per heavy atom. The number of hydrogen-bond donors (Lipinski definition) is 0. The zero-order chi connectivity index (χ0) is 18.0. The molecule has 7 nitrogen and oxygen atoms in total. The van der Waals surface area contributed by atoms with E-state index in [1.54, 1.807) is 6.07 Å². The minimum Gasteiger partial charge on any atom is -0.469 e. The van der Waals surface area contributed by atoms with E-state index in [-0.39, 0.29) is 11.1 Å². The van der Waals surface area contributed by atoms with Crippen LogP contribution >= 0.6 is 0 Å². The van der Waals surface area contributed by atoms with Crippen molar-refractivity contribution >= 4 is 17.8 Å². The minimum absolute atomic E-state index is 0.345. The number of methoxy groups -OCH3 is 2. The summed E-state index contributed by atoms with van der Waals surface area (Å²) in [5, 5.41) is 9.32. The van der Waals surface area contributed by atoms with E-state index in [2.05, 4.69) is 9.47 Å². The highest BCUT2D eigenvalue weighted by molar-refractivity contribution is 6.02. The molecular formula is C15H12F2N2O5. The van der Waals surface area contributed by atoms with E-state index in [9.17, 15) is 28.4 Å². The maximum atomic E-state index is 14.0. The standard InChI is InChI=1S/C15H12F2N2O5/c1-23-12(20)5-10(15(22)24-2)19-11(6-18)13-8(14(19)21)3-7(16)4-9(13)17/h3-4,10-11H,5H2,1-2H3. The minimum atomic E-state index is -1.51. The van der Waals surface area contributed by atoms with Crippen molar-refractivity contribution in [2.24, 2.45) is 0 Å². The molecule has 0 N–H and O–H groups in total. The van der Waals surface area contributed by atoms with E-state index >= 15 is 0 Å². The summed E-state index contributed by atoms with van der Waals surface area (Å²) >= 11 is 0. The Kier molecular flexibility index (Phi) is 4.78. The summed E-state index contributed by atoms with van der Waals surface area (Å²) in [5.74, 6) is -4.86. The van der Waals surface area contributed by atoms with Gasteiger partial charge in [0, 0.05) is 11.6 Å². The number of nitrogens with zero attached hydrogens (tertiary/aromatic N) is 2. The lowest BCUT2D eigenvalue weighted by Gasteiger charge is -2.27. The number of halogens is 2. The smallest absolute Gasteiger partial charge is 0.329 e. The second kappa shape index (κ2) is 6.62. The quantitative estimate of drug-likeness (QED) is 0.763. The summed E-state index contributed by atoms with van der Waals surface area (Å²) in [5.41, 5.74) is -0.722. The van der Waals surface area contributed by atoms with Crippen LogP contribution in [0.25, 0.3) is 0 Å². The molecule has 0 spiro atoms. The summed E-state index contributed by atoms with van der Waals surface area (Å²) in [6.45, 7) is 0. The number of rotatable bonds is 4. The van der Waals surface area contributed by atoms with Gasteiger partial charge in [-0.15, -0.1) is 0 Å². The summed E-state index contributed by atoms with van der Waals surface area (Å²) in [6, 6.07) is 0.00144. The number of amides is 1. The molecule has 1 aromatic carbocycles. The van der Waals surface area contributed by atoms with E-state index in [1.165, 1.54) is 0 Å². The van der Waals surface area contributed by atoms with Crippen LogP contribution in [-0.4, -0.2) is 43.0 Å². The fourth-order valence-electron chi connectivity index (χ4n) is 2.56. The molecule has 0 saturated heterocycles. The van der Waals surface area contributed by atoms with Crippen molar-refractivity contribution in [3.8, 4) is 6.07 Å². The van der Waals surface area contributed by atoms with Crippen LogP contribution in [-0.2, 0) is 19.1 Å². The summed E-state index contributed by atoms with van der Waals surface area (Å²) < 4.78 is 36.4. The lowest BCUT2D eigenvalue weighted by molar-refractivity contribution is -0.152. The zero-order valence-corrected chi connectivity index (χ0v) is 12.7. The van der Waals surface area contributed by atoms with Gasteiger partial charge >= 0.3 is 11.9 Å². The van der Waals surface area contributed by atoms with Gasteiger partial charge in [-0.05, 0) is 6.07 Å². The number of carbonyl (C=O) groups excluding carboxylic acids is 3. The molecule has 126 valence electrons. The Labute approximate surface area is 135 Å². The topological polar surface area (TPSA) is 96.7 Å². The highest BCUT2D eigenvalue weighted by Gasteiger charge is 2.46. The second-order valence-electron chi connectivity index (χ2n) is 4.91. The van der Waals surface area contributed by atoms with Crippen LogP contribution in [0.2, 0.25) is 0 Å². The van der Waals surface area contributed by atoms with Crippen molar-refractivity contribution in [2.75, 3.05) is 14.2 Å². The molecule has 1 aliphatic rings. The molecular weight excluding hydrogens is 326 g/mol. The molecule has 1 heterocycles. The van der Waals surface area contributed by atoms with Gasteiger partial charge in [0.15, 0.2) is 0 Å². The first-order valence-electron chi connectivity index (χ1n) is 6.71. The van der Waals surface area contributed by atoms with Crippen LogP contribution in [0.5, 0.6) is 0 Å². The average molecular weight is 338 g/mol. The van der Waals surface area contributed by atoms with E-state index in [4.69, 9.17) is 0 Å². The molecule has 1 aromatic rings. The van der Waals surface area contributed by atoms with E-state index in [0.717, 1.165) is 20.3 Å². The van der Waals surface area contributed by atoms with Gasteiger partial charge in [-0.2, -0.15) is 5.26 Å². The number of ether oxygens (including phenoxy) is 2. The molecule has 9 heteroatoms. The summed E-state index contributed by atoms with van der Waals surface area (Å²) in [7, 11) is 2.11. The first kappa shape index (κ1) is 17.3. The highest BCUT2D eigenvalue weighted by atomic mass is 19.1. The Hall–Kier alpha value is -3.02. The predicted molar refractivity (Wildman–Crippen MR) is 73.3 cm³/mol. The van der Waals surface area contributed by atoms with Crippen molar-refractivity contribution in [3.05, 3.63) is 34.9 Å². The average Bonchev–Trinajstić information content (AvgIpc) is 2.84. The van der Waals surface area contributed by atoms with Crippen molar-refractivity contribution < 1.29 is 32.6 Å². The highest BCUT2D eigenvalue weighted by Crippen LogP contribution is 2.38. The molecule has 0 radical (unpaired) electrons. The Balaban J connectivity index is 2.54. The molecule has 0 bridgehead atoms. The van der Waals surface area contributed by atoms with Gasteiger partial charge in [-0.1, -0.05) is 0 Å². The van der Waals surface area contributed by atoms with Gasteiger partial charge in [-0.25, -0.2) is 13.6 Å². The fraction of sp³-hybridized carbons (Fsp3) is 0.333. The third kappa shape index (κ3) is 2.78. The first-order valence-corrected chi connectivity index (χ1v) is 6.71. The molecule has 0 aliphatic carbocycles. The number of benzene rings is 1. The largest absolute Gasteiger partial charge is 0.469 e. The third-order valence-electron chi connectivity index (χ3n) is 3.63. The van der Waals surface area contributed by atoms with Gasteiger partial charge in [0.2, 0.25) is 0 Å². The molecule has 24 heavy (non-hydrogen) atoms. The zero-order valence-electron chi connectivity index (χ0n) is 12.7. The van der Waals surface area contributed by atoms with Crippen LogP contribution in [0.4, 0.5) is 8.78 Å². The maximum Gasteiger partial charge on any atom is 0.329 e. The van der Waals surface area contributed by atoms with Gasteiger partial charge in [0.05, 0.1) is 32.3 Å². The van der Waals surface area contributed by atoms with Gasteiger partial charge < -0.3 is 14.4 Å². The van der Waals surface area contributed by atoms with Crippen LogP contribution in [0, 0.1) is 23.0 Å².